The first kappa shape index (κ1) is 31.9. The van der Waals surface area contributed by atoms with Crippen LogP contribution in [0.15, 0.2) is 43.5 Å². The summed E-state index contributed by atoms with van der Waals surface area (Å²) < 4.78 is 5.27. The summed E-state index contributed by atoms with van der Waals surface area (Å²) in [5, 5.41) is 6.30. The van der Waals surface area contributed by atoms with E-state index in [1.54, 1.807) is 25.1 Å². The van der Waals surface area contributed by atoms with E-state index in [0.29, 0.717) is 56.5 Å². The minimum absolute atomic E-state index is 0.0367. The third-order valence-electron chi connectivity index (χ3n) is 6.92. The number of guanidine groups is 2. The molecule has 1 aliphatic heterocycles. The van der Waals surface area contributed by atoms with Gasteiger partial charge in [0.15, 0.2) is 11.9 Å². The van der Waals surface area contributed by atoms with Crippen LogP contribution in [0.5, 0.6) is 0 Å². The van der Waals surface area contributed by atoms with Crippen LogP contribution in [0.4, 0.5) is 5.69 Å². The van der Waals surface area contributed by atoms with E-state index in [1.165, 1.54) is 11.0 Å². The molecule has 0 bridgehead atoms. The van der Waals surface area contributed by atoms with Crippen molar-refractivity contribution in [2.24, 2.45) is 38.7 Å². The van der Waals surface area contributed by atoms with Crippen molar-refractivity contribution in [2.45, 2.75) is 63.6 Å². The lowest BCUT2D eigenvalue weighted by Gasteiger charge is -2.28. The maximum Gasteiger partial charge on any atom is 0.336 e. The van der Waals surface area contributed by atoms with Crippen LogP contribution in [0.3, 0.4) is 0 Å². The molecule has 0 radical (unpaired) electrons. The van der Waals surface area contributed by atoms with E-state index >= 15 is 0 Å². The third kappa shape index (κ3) is 8.92. The van der Waals surface area contributed by atoms with Gasteiger partial charge in [0.2, 0.25) is 17.7 Å². The maximum absolute atomic E-state index is 13.4. The van der Waals surface area contributed by atoms with Crippen LogP contribution < -0.4 is 44.9 Å². The number of carbonyl (C=O) groups is 3. The SMILES string of the molecule is Cc1cc(=O)oc2cc(NC(=O)[C@H](CCCN=C(N)N)NC(=O)[C@@H]3CCCN3C(=O)[C@H](N)CCCN=C(N)N)ccc12. The van der Waals surface area contributed by atoms with Crippen LogP contribution in [0.2, 0.25) is 0 Å². The fourth-order valence-corrected chi connectivity index (χ4v) is 4.83. The summed E-state index contributed by atoms with van der Waals surface area (Å²) >= 11 is 0. The average molecular weight is 585 g/mol. The fourth-order valence-electron chi connectivity index (χ4n) is 4.83. The van der Waals surface area contributed by atoms with Crippen LogP contribution in [0.1, 0.15) is 44.1 Å². The Bertz CT molecular complexity index is 1400. The zero-order valence-electron chi connectivity index (χ0n) is 23.7. The number of nitrogens with two attached hydrogens (primary N) is 5. The topological polar surface area (TPSA) is 264 Å². The Morgan fingerprint density at radius 2 is 1.71 bits per heavy atom. The molecule has 3 atom stereocenters. The molecule has 0 aliphatic carbocycles. The predicted octanol–water partition coefficient (Wildman–Crippen LogP) is -1.05. The van der Waals surface area contributed by atoms with E-state index in [0.717, 1.165) is 10.9 Å². The number of benzene rings is 1. The third-order valence-corrected chi connectivity index (χ3v) is 6.92. The van der Waals surface area contributed by atoms with Gasteiger partial charge >= 0.3 is 5.63 Å². The van der Waals surface area contributed by atoms with Gasteiger partial charge in [0.1, 0.15) is 17.7 Å². The molecule has 1 fully saturated rings. The van der Waals surface area contributed by atoms with Gasteiger partial charge in [0.25, 0.3) is 0 Å². The van der Waals surface area contributed by atoms with Crippen molar-refractivity contribution < 1.29 is 18.8 Å². The van der Waals surface area contributed by atoms with Gasteiger partial charge < -0.3 is 48.6 Å². The Morgan fingerprint density at radius 1 is 1.05 bits per heavy atom. The van der Waals surface area contributed by atoms with Crippen molar-refractivity contribution in [3.63, 3.8) is 0 Å². The normalized spacial score (nSPS) is 16.0. The molecule has 0 unspecified atom stereocenters. The summed E-state index contributed by atoms with van der Waals surface area (Å²) in [4.78, 5) is 60.9. The number of hydrogen-bond donors (Lipinski definition) is 7. The molecule has 12 N–H and O–H groups in total. The molecule has 3 rings (SSSR count). The minimum Gasteiger partial charge on any atom is -0.423 e. The predicted molar refractivity (Wildman–Crippen MR) is 160 cm³/mol. The molecule has 1 aromatic carbocycles. The summed E-state index contributed by atoms with van der Waals surface area (Å²) in [7, 11) is 0. The van der Waals surface area contributed by atoms with Crippen molar-refractivity contribution in [1.29, 1.82) is 0 Å². The summed E-state index contributed by atoms with van der Waals surface area (Å²) in [5.74, 6) is -1.42. The first-order chi connectivity index (χ1) is 20.0. The molecule has 15 heteroatoms. The lowest BCUT2D eigenvalue weighted by Crippen LogP contribution is -2.54. The first-order valence-corrected chi connectivity index (χ1v) is 13.8. The second-order valence-corrected chi connectivity index (χ2v) is 10.2. The molecule has 3 amide bonds. The molecule has 1 aromatic heterocycles. The number of nitrogens with zero attached hydrogens (tertiary/aromatic N) is 3. The van der Waals surface area contributed by atoms with E-state index in [4.69, 9.17) is 33.1 Å². The summed E-state index contributed by atoms with van der Waals surface area (Å²) in [6.07, 6.45) is 2.53. The van der Waals surface area contributed by atoms with E-state index in [-0.39, 0.29) is 30.8 Å². The quantitative estimate of drug-likeness (QED) is 0.0650. The van der Waals surface area contributed by atoms with Gasteiger partial charge in [-0.15, -0.1) is 0 Å². The second kappa shape index (κ2) is 14.8. The van der Waals surface area contributed by atoms with Gasteiger partial charge in [-0.25, -0.2) is 4.79 Å². The molecule has 228 valence electrons. The Balaban J connectivity index is 1.71. The Kier molecular flexibility index (Phi) is 11.2. The molecule has 0 spiro atoms. The van der Waals surface area contributed by atoms with Crippen LogP contribution in [-0.2, 0) is 14.4 Å². The van der Waals surface area contributed by atoms with Crippen molar-refractivity contribution in [3.05, 3.63) is 40.2 Å². The molecule has 42 heavy (non-hydrogen) atoms. The summed E-state index contributed by atoms with van der Waals surface area (Å²) in [6, 6.07) is 3.80. The Morgan fingerprint density at radius 3 is 2.38 bits per heavy atom. The van der Waals surface area contributed by atoms with Gasteiger partial charge in [-0.05, 0) is 63.1 Å². The molecule has 2 aromatic rings. The van der Waals surface area contributed by atoms with Gasteiger partial charge in [-0.2, -0.15) is 0 Å². The molecule has 2 heterocycles. The standard InChI is InChI=1S/C27H40N10O5/c1-15-13-22(38)42-21-14-16(8-9-17(15)21)35-23(39)19(6-3-11-34-27(31)32)36-24(40)20-7-4-12-37(20)25(41)18(28)5-2-10-33-26(29)30/h8-9,13-14,18-20H,2-7,10-12,28H2,1H3,(H,35,39)(H,36,40)(H4,29,30,33)(H4,31,32,34)/t18-,19+,20+/m1/s1. The average Bonchev–Trinajstić information content (AvgIpc) is 3.41. The zero-order chi connectivity index (χ0) is 30.8. The van der Waals surface area contributed by atoms with Crippen molar-refractivity contribution in [2.75, 3.05) is 25.0 Å². The number of anilines is 1. The van der Waals surface area contributed by atoms with Crippen molar-refractivity contribution in [3.8, 4) is 0 Å². The van der Waals surface area contributed by atoms with Crippen molar-refractivity contribution in [1.82, 2.24) is 10.2 Å². The lowest BCUT2D eigenvalue weighted by molar-refractivity contribution is -0.140. The number of carbonyl (C=O) groups excluding carboxylic acids is 3. The molecular weight excluding hydrogens is 544 g/mol. The molecule has 15 nitrogen and oxygen atoms in total. The van der Waals surface area contributed by atoms with E-state index in [2.05, 4.69) is 20.6 Å². The highest BCUT2D eigenvalue weighted by atomic mass is 16.4. The number of rotatable bonds is 13. The van der Waals surface area contributed by atoms with Crippen LogP contribution in [-0.4, -0.2) is 72.3 Å². The van der Waals surface area contributed by atoms with E-state index < -0.39 is 35.6 Å². The van der Waals surface area contributed by atoms with Crippen molar-refractivity contribution >= 4 is 46.3 Å². The number of amides is 3. The van der Waals surface area contributed by atoms with E-state index in [9.17, 15) is 19.2 Å². The number of aliphatic imine (C=N–C) groups is 2. The van der Waals surface area contributed by atoms with Crippen LogP contribution in [0, 0.1) is 6.92 Å². The Hall–Kier alpha value is -4.66. The van der Waals surface area contributed by atoms with Gasteiger partial charge in [-0.3, -0.25) is 24.4 Å². The smallest absolute Gasteiger partial charge is 0.336 e. The molecule has 1 saturated heterocycles. The van der Waals surface area contributed by atoms with Gasteiger partial charge in [0, 0.05) is 42.8 Å². The highest BCUT2D eigenvalue weighted by Gasteiger charge is 2.37. The fraction of sp³-hybridized carbons (Fsp3) is 0.481. The van der Waals surface area contributed by atoms with Crippen LogP contribution in [0.25, 0.3) is 11.0 Å². The lowest BCUT2D eigenvalue weighted by atomic mass is 10.1. The summed E-state index contributed by atoms with van der Waals surface area (Å²) in [6.45, 7) is 2.76. The zero-order valence-corrected chi connectivity index (χ0v) is 23.7. The first-order valence-electron chi connectivity index (χ1n) is 13.8. The highest BCUT2D eigenvalue weighted by molar-refractivity contribution is 6.00. The molecule has 0 saturated carbocycles. The minimum atomic E-state index is -0.960. The van der Waals surface area contributed by atoms with Gasteiger partial charge in [-0.1, -0.05) is 0 Å². The number of likely N-dealkylation sites (tertiary alicyclic amines) is 1. The van der Waals surface area contributed by atoms with Crippen LogP contribution >= 0.6 is 0 Å². The summed E-state index contributed by atoms with van der Waals surface area (Å²) in [5.41, 5.74) is 28.5. The second-order valence-electron chi connectivity index (χ2n) is 10.2. The Labute approximate surface area is 242 Å². The number of aryl methyl sites for hydroxylation is 1. The van der Waals surface area contributed by atoms with E-state index in [1.807, 2.05) is 0 Å². The monoisotopic (exact) mass is 584 g/mol. The number of fused-ring (bicyclic) bond motifs is 1. The number of hydrogen-bond acceptors (Lipinski definition) is 8. The largest absolute Gasteiger partial charge is 0.423 e. The van der Waals surface area contributed by atoms with Gasteiger partial charge in [0.05, 0.1) is 6.04 Å². The number of nitrogens with one attached hydrogen (secondary N) is 2. The molecule has 1 aliphatic rings. The highest BCUT2D eigenvalue weighted by Crippen LogP contribution is 2.22. The molecular formula is C27H40N10O5. The maximum atomic E-state index is 13.4.